The molecular weight excluding hydrogens is 464 g/mol. The van der Waals surface area contributed by atoms with Gasteiger partial charge in [0.2, 0.25) is 11.8 Å². The minimum absolute atomic E-state index is 0.0848. The molecule has 4 aliphatic rings. The fourth-order valence-electron chi connectivity index (χ4n) is 7.67. The molecule has 4 aromatic rings. The highest BCUT2D eigenvalue weighted by atomic mass is 16.2. The van der Waals surface area contributed by atoms with Gasteiger partial charge >= 0.3 is 0 Å². The Hall–Kier alpha value is -4.10. The number of para-hydroxylation sites is 3. The SMILES string of the molecule is Cc1ccccc1N1C(=O)[C@@H]2[C@@H]3CCCN3[C@@]3(c4ccccc4-n4c3nc3ccccc3c4=O)[C@H]2C1=O. The van der Waals surface area contributed by atoms with Gasteiger partial charge in [0.1, 0.15) is 11.4 Å². The van der Waals surface area contributed by atoms with Gasteiger partial charge in [0.25, 0.3) is 5.56 Å². The van der Waals surface area contributed by atoms with Crippen molar-refractivity contribution < 1.29 is 9.59 Å². The minimum Gasteiger partial charge on any atom is -0.283 e. The Bertz CT molecular complexity index is 1740. The molecule has 3 saturated heterocycles. The van der Waals surface area contributed by atoms with Crippen LogP contribution in [0.15, 0.2) is 77.6 Å². The van der Waals surface area contributed by atoms with Crippen LogP contribution in [0.2, 0.25) is 0 Å². The average Bonchev–Trinajstić information content (AvgIpc) is 3.62. The van der Waals surface area contributed by atoms with Crippen molar-refractivity contribution in [1.82, 2.24) is 14.5 Å². The van der Waals surface area contributed by atoms with Crippen LogP contribution in [0.3, 0.4) is 0 Å². The standard InChI is InChI=1S/C30H24N4O3/c1-17-9-2-6-13-21(17)33-27(36)24-23-15-8-16-32(23)30(25(24)28(33)37)19-11-4-7-14-22(19)34-26(35)18-10-3-5-12-20(18)31-29(30)34/h2-7,9-14,23-25H,8,15-16H2,1H3/t23-,24+,25+,30-/m0/s1. The fraction of sp³-hybridized carbons (Fsp3) is 0.267. The Morgan fingerprint density at radius 2 is 1.59 bits per heavy atom. The first kappa shape index (κ1) is 21.0. The van der Waals surface area contributed by atoms with Crippen LogP contribution in [0.5, 0.6) is 0 Å². The third kappa shape index (κ3) is 2.32. The first-order valence-electron chi connectivity index (χ1n) is 12.9. The van der Waals surface area contributed by atoms with E-state index in [-0.39, 0.29) is 23.4 Å². The number of aryl methyl sites for hydroxylation is 1. The molecule has 0 bridgehead atoms. The number of benzene rings is 3. The van der Waals surface area contributed by atoms with Crippen LogP contribution >= 0.6 is 0 Å². The van der Waals surface area contributed by atoms with Gasteiger partial charge in [0.15, 0.2) is 0 Å². The molecule has 7 nitrogen and oxygen atoms in total. The molecular formula is C30H24N4O3. The van der Waals surface area contributed by atoms with Crippen LogP contribution < -0.4 is 10.5 Å². The maximum atomic E-state index is 14.5. The predicted octanol–water partition coefficient (Wildman–Crippen LogP) is 3.53. The number of rotatable bonds is 1. The Morgan fingerprint density at radius 3 is 2.43 bits per heavy atom. The summed E-state index contributed by atoms with van der Waals surface area (Å²) < 4.78 is 1.70. The Labute approximate surface area is 213 Å². The van der Waals surface area contributed by atoms with Crippen molar-refractivity contribution in [1.29, 1.82) is 0 Å². The molecule has 182 valence electrons. The van der Waals surface area contributed by atoms with Gasteiger partial charge in [0, 0.05) is 11.6 Å². The van der Waals surface area contributed by atoms with Crippen molar-refractivity contribution in [2.24, 2.45) is 11.8 Å². The number of hydrogen-bond donors (Lipinski definition) is 0. The molecule has 4 aliphatic heterocycles. The summed E-state index contributed by atoms with van der Waals surface area (Å²) in [5.74, 6) is -0.934. The van der Waals surface area contributed by atoms with E-state index in [1.807, 2.05) is 73.7 Å². The second-order valence-electron chi connectivity index (χ2n) is 10.6. The Kier molecular flexibility index (Phi) is 3.99. The summed E-state index contributed by atoms with van der Waals surface area (Å²) in [4.78, 5) is 51.4. The molecule has 0 N–H and O–H groups in total. The fourth-order valence-corrected chi connectivity index (χ4v) is 7.67. The number of fused-ring (bicyclic) bond motifs is 11. The molecule has 3 aromatic carbocycles. The van der Waals surface area contributed by atoms with Gasteiger partial charge in [-0.25, -0.2) is 9.88 Å². The quantitative estimate of drug-likeness (QED) is 0.383. The van der Waals surface area contributed by atoms with Crippen LogP contribution in [0.25, 0.3) is 16.6 Å². The number of carbonyl (C=O) groups excluding carboxylic acids is 2. The molecule has 3 fully saturated rings. The van der Waals surface area contributed by atoms with E-state index in [0.29, 0.717) is 22.4 Å². The van der Waals surface area contributed by atoms with E-state index in [4.69, 9.17) is 4.98 Å². The third-order valence-corrected chi connectivity index (χ3v) is 9.00. The van der Waals surface area contributed by atoms with Gasteiger partial charge in [-0.1, -0.05) is 48.5 Å². The van der Waals surface area contributed by atoms with Crippen LogP contribution in [0.4, 0.5) is 5.69 Å². The molecule has 1 aromatic heterocycles. The van der Waals surface area contributed by atoms with Crippen molar-refractivity contribution in [2.75, 3.05) is 11.4 Å². The molecule has 0 saturated carbocycles. The largest absolute Gasteiger partial charge is 0.283 e. The minimum atomic E-state index is -0.976. The van der Waals surface area contributed by atoms with E-state index in [1.165, 1.54) is 4.90 Å². The van der Waals surface area contributed by atoms with Crippen molar-refractivity contribution in [2.45, 2.75) is 31.3 Å². The highest BCUT2D eigenvalue weighted by Crippen LogP contribution is 2.62. The molecule has 0 aliphatic carbocycles. The summed E-state index contributed by atoms with van der Waals surface area (Å²) in [6.07, 6.45) is 1.77. The van der Waals surface area contributed by atoms with Crippen LogP contribution in [0, 0.1) is 18.8 Å². The maximum Gasteiger partial charge on any atom is 0.266 e. The number of hydrogen-bond acceptors (Lipinski definition) is 5. The second-order valence-corrected chi connectivity index (χ2v) is 10.6. The first-order valence-corrected chi connectivity index (χ1v) is 12.9. The van der Waals surface area contributed by atoms with Gasteiger partial charge in [-0.2, -0.15) is 0 Å². The maximum absolute atomic E-state index is 14.5. The molecule has 1 spiro atoms. The topological polar surface area (TPSA) is 75.5 Å². The highest BCUT2D eigenvalue weighted by Gasteiger charge is 2.73. The number of aromatic nitrogens is 2. The van der Waals surface area contributed by atoms with Gasteiger partial charge in [-0.05, 0) is 56.1 Å². The van der Waals surface area contributed by atoms with Crippen molar-refractivity contribution in [3.8, 4) is 5.69 Å². The molecule has 37 heavy (non-hydrogen) atoms. The number of amides is 2. The highest BCUT2D eigenvalue weighted by molar-refractivity contribution is 6.23. The smallest absolute Gasteiger partial charge is 0.266 e. The van der Waals surface area contributed by atoms with E-state index < -0.39 is 17.4 Å². The lowest BCUT2D eigenvalue weighted by Gasteiger charge is -2.38. The number of carbonyl (C=O) groups is 2. The summed E-state index contributed by atoms with van der Waals surface area (Å²) in [6, 6.07) is 22.6. The molecule has 4 atom stereocenters. The molecule has 8 rings (SSSR count). The molecule has 5 heterocycles. The zero-order chi connectivity index (χ0) is 25.1. The summed E-state index contributed by atoms with van der Waals surface area (Å²) >= 11 is 0. The van der Waals surface area contributed by atoms with Gasteiger partial charge in [-0.3, -0.25) is 23.9 Å². The van der Waals surface area contributed by atoms with E-state index >= 15 is 0 Å². The lowest BCUT2D eigenvalue weighted by Crippen LogP contribution is -2.51. The summed E-state index contributed by atoms with van der Waals surface area (Å²) in [5, 5.41) is 0.543. The Morgan fingerprint density at radius 1 is 0.865 bits per heavy atom. The van der Waals surface area contributed by atoms with Crippen LogP contribution in [-0.2, 0) is 15.1 Å². The van der Waals surface area contributed by atoms with E-state index in [2.05, 4.69) is 4.90 Å². The van der Waals surface area contributed by atoms with Crippen LogP contribution in [-0.4, -0.2) is 38.9 Å². The van der Waals surface area contributed by atoms with E-state index in [0.717, 1.165) is 36.2 Å². The summed E-state index contributed by atoms with van der Waals surface area (Å²) in [6.45, 7) is 2.68. The van der Waals surface area contributed by atoms with Crippen molar-refractivity contribution in [3.05, 3.63) is 100 Å². The van der Waals surface area contributed by atoms with E-state index in [9.17, 15) is 14.4 Å². The third-order valence-electron chi connectivity index (χ3n) is 9.00. The molecule has 7 heteroatoms. The lowest BCUT2D eigenvalue weighted by atomic mass is 9.75. The predicted molar refractivity (Wildman–Crippen MR) is 138 cm³/mol. The summed E-state index contributed by atoms with van der Waals surface area (Å²) in [7, 11) is 0. The van der Waals surface area contributed by atoms with Crippen molar-refractivity contribution in [3.63, 3.8) is 0 Å². The van der Waals surface area contributed by atoms with E-state index in [1.54, 1.807) is 10.6 Å². The van der Waals surface area contributed by atoms with Gasteiger partial charge in [0.05, 0.1) is 34.1 Å². The van der Waals surface area contributed by atoms with Crippen LogP contribution in [0.1, 0.15) is 29.8 Å². The normalized spacial score (nSPS) is 27.7. The number of imide groups is 1. The number of nitrogens with zero attached hydrogens (tertiary/aromatic N) is 4. The zero-order valence-electron chi connectivity index (χ0n) is 20.3. The monoisotopic (exact) mass is 488 g/mol. The lowest BCUT2D eigenvalue weighted by molar-refractivity contribution is -0.124. The molecule has 0 radical (unpaired) electrons. The Balaban J connectivity index is 1.46. The number of anilines is 1. The van der Waals surface area contributed by atoms with Gasteiger partial charge in [-0.15, -0.1) is 0 Å². The average molecular weight is 489 g/mol. The second kappa shape index (κ2) is 7.01. The van der Waals surface area contributed by atoms with Gasteiger partial charge < -0.3 is 0 Å². The summed E-state index contributed by atoms with van der Waals surface area (Å²) in [5.41, 5.74) is 2.66. The molecule has 0 unspecified atom stereocenters. The molecule has 2 amide bonds. The van der Waals surface area contributed by atoms with Crippen molar-refractivity contribution >= 4 is 28.4 Å². The first-order chi connectivity index (χ1) is 18.0. The zero-order valence-corrected chi connectivity index (χ0v) is 20.3.